The molecular formula is C11H18BrF2NO2. The molecule has 1 atom stereocenters. The topological polar surface area (TPSA) is 29.5 Å². The monoisotopic (exact) mass is 313 g/mol. The largest absolute Gasteiger partial charge is 0.444 e. The Balaban J connectivity index is 2.61. The van der Waals surface area contributed by atoms with E-state index in [-0.39, 0.29) is 24.8 Å². The van der Waals surface area contributed by atoms with Crippen LogP contribution in [0.1, 0.15) is 27.2 Å². The van der Waals surface area contributed by atoms with Crippen molar-refractivity contribution < 1.29 is 18.3 Å². The molecule has 1 rings (SSSR count). The lowest BCUT2D eigenvalue weighted by Crippen LogP contribution is -2.51. The van der Waals surface area contributed by atoms with E-state index in [1.54, 1.807) is 20.8 Å². The summed E-state index contributed by atoms with van der Waals surface area (Å²) < 4.78 is 32.0. The summed E-state index contributed by atoms with van der Waals surface area (Å²) in [5.74, 6) is -3.55. The van der Waals surface area contributed by atoms with Crippen LogP contribution in [0.2, 0.25) is 0 Å². The second-order valence-electron chi connectivity index (χ2n) is 5.29. The molecule has 0 saturated carbocycles. The van der Waals surface area contributed by atoms with Gasteiger partial charge in [0, 0.05) is 24.8 Å². The molecule has 6 heteroatoms. The lowest BCUT2D eigenvalue weighted by atomic mass is 9.96. The average Bonchev–Trinajstić information content (AvgIpc) is 2.14. The lowest BCUT2D eigenvalue weighted by Gasteiger charge is -2.38. The Morgan fingerprint density at radius 1 is 1.53 bits per heavy atom. The fourth-order valence-electron chi connectivity index (χ4n) is 1.63. The Hall–Kier alpha value is -0.390. The van der Waals surface area contributed by atoms with E-state index in [1.165, 1.54) is 4.90 Å². The molecule has 0 aromatic heterocycles. The number of carbonyl (C=O) groups is 1. The van der Waals surface area contributed by atoms with Crippen LogP contribution in [0.3, 0.4) is 0 Å². The van der Waals surface area contributed by atoms with Gasteiger partial charge < -0.3 is 9.64 Å². The number of amides is 1. The molecule has 0 aliphatic carbocycles. The van der Waals surface area contributed by atoms with Crippen LogP contribution < -0.4 is 0 Å². The highest BCUT2D eigenvalue weighted by Gasteiger charge is 2.45. The van der Waals surface area contributed by atoms with Gasteiger partial charge in [-0.05, 0) is 20.8 Å². The van der Waals surface area contributed by atoms with Gasteiger partial charge in [0.2, 0.25) is 0 Å². The molecule has 0 radical (unpaired) electrons. The Bertz CT molecular complexity index is 292. The van der Waals surface area contributed by atoms with E-state index in [1.807, 2.05) is 0 Å². The average molecular weight is 314 g/mol. The van der Waals surface area contributed by atoms with E-state index >= 15 is 0 Å². The molecule has 0 spiro atoms. The zero-order chi connectivity index (χ0) is 13.3. The van der Waals surface area contributed by atoms with Gasteiger partial charge in [0.25, 0.3) is 5.92 Å². The van der Waals surface area contributed by atoms with Gasteiger partial charge in [0.15, 0.2) is 0 Å². The van der Waals surface area contributed by atoms with Gasteiger partial charge in [0.1, 0.15) is 5.60 Å². The van der Waals surface area contributed by atoms with Crippen LogP contribution in [0, 0.1) is 5.92 Å². The van der Waals surface area contributed by atoms with Crippen LogP contribution >= 0.6 is 15.9 Å². The van der Waals surface area contributed by atoms with Gasteiger partial charge in [-0.1, -0.05) is 15.9 Å². The van der Waals surface area contributed by atoms with Gasteiger partial charge in [0.05, 0.1) is 5.92 Å². The summed E-state index contributed by atoms with van der Waals surface area (Å²) in [5.41, 5.74) is -0.596. The molecule has 0 N–H and O–H groups in total. The fraction of sp³-hybridized carbons (Fsp3) is 0.909. The number of nitrogens with zero attached hydrogens (tertiary/aromatic N) is 1. The number of rotatable bonds is 1. The zero-order valence-corrected chi connectivity index (χ0v) is 11.9. The Morgan fingerprint density at radius 3 is 2.59 bits per heavy atom. The van der Waals surface area contributed by atoms with E-state index in [4.69, 9.17) is 4.74 Å². The standard InChI is InChI=1S/C11H18BrF2NO2/c1-10(2,3)17-9(16)15-5-4-11(13,14)8(6-12)7-15/h8H,4-7H2,1-3H3. The molecule has 1 heterocycles. The van der Waals surface area contributed by atoms with Crippen LogP contribution in [0.15, 0.2) is 0 Å². The Kier molecular flexibility index (Phi) is 4.38. The summed E-state index contributed by atoms with van der Waals surface area (Å²) >= 11 is 3.07. The number of hydrogen-bond acceptors (Lipinski definition) is 2. The lowest BCUT2D eigenvalue weighted by molar-refractivity contribution is -0.0963. The number of alkyl halides is 3. The summed E-state index contributed by atoms with van der Waals surface area (Å²) in [4.78, 5) is 13.1. The second-order valence-corrected chi connectivity index (χ2v) is 5.94. The van der Waals surface area contributed by atoms with E-state index in [0.717, 1.165) is 0 Å². The maximum absolute atomic E-state index is 13.4. The van der Waals surface area contributed by atoms with Crippen LogP contribution in [-0.4, -0.2) is 40.9 Å². The van der Waals surface area contributed by atoms with Crippen molar-refractivity contribution in [2.75, 3.05) is 18.4 Å². The minimum absolute atomic E-state index is 0.0349. The highest BCUT2D eigenvalue weighted by Crippen LogP contribution is 2.34. The molecular weight excluding hydrogens is 296 g/mol. The minimum atomic E-state index is -2.71. The number of carbonyl (C=O) groups excluding carboxylic acids is 1. The molecule has 0 aromatic rings. The third kappa shape index (κ3) is 4.08. The number of likely N-dealkylation sites (tertiary alicyclic amines) is 1. The van der Waals surface area contributed by atoms with Crippen molar-refractivity contribution in [2.24, 2.45) is 5.92 Å². The summed E-state index contributed by atoms with van der Waals surface area (Å²) in [6, 6.07) is 0. The molecule has 1 amide bonds. The minimum Gasteiger partial charge on any atom is -0.444 e. The Labute approximate surface area is 109 Å². The highest BCUT2D eigenvalue weighted by molar-refractivity contribution is 9.09. The third-order valence-corrected chi connectivity index (χ3v) is 3.37. The van der Waals surface area contributed by atoms with Crippen molar-refractivity contribution in [3.63, 3.8) is 0 Å². The molecule has 0 aromatic carbocycles. The van der Waals surface area contributed by atoms with Gasteiger partial charge in [-0.25, -0.2) is 13.6 Å². The first-order valence-electron chi connectivity index (χ1n) is 5.57. The molecule has 3 nitrogen and oxygen atoms in total. The predicted octanol–water partition coefficient (Wildman–Crippen LogP) is 3.27. The quantitative estimate of drug-likeness (QED) is 0.695. The van der Waals surface area contributed by atoms with Crippen molar-refractivity contribution in [2.45, 2.75) is 38.7 Å². The summed E-state index contributed by atoms with van der Waals surface area (Å²) in [5, 5.41) is 0.180. The predicted molar refractivity (Wildman–Crippen MR) is 64.7 cm³/mol. The Morgan fingerprint density at radius 2 is 2.12 bits per heavy atom. The maximum Gasteiger partial charge on any atom is 0.410 e. The van der Waals surface area contributed by atoms with Crippen molar-refractivity contribution in [1.29, 1.82) is 0 Å². The summed E-state index contributed by atoms with van der Waals surface area (Å²) in [7, 11) is 0. The first kappa shape index (κ1) is 14.7. The molecule has 1 saturated heterocycles. The fourth-order valence-corrected chi connectivity index (χ4v) is 2.31. The number of piperidine rings is 1. The van der Waals surface area contributed by atoms with Gasteiger partial charge >= 0.3 is 6.09 Å². The van der Waals surface area contributed by atoms with Gasteiger partial charge in [-0.2, -0.15) is 0 Å². The third-order valence-electron chi connectivity index (χ3n) is 2.59. The molecule has 0 bridgehead atoms. The molecule has 1 fully saturated rings. The van der Waals surface area contributed by atoms with Crippen LogP contribution in [-0.2, 0) is 4.74 Å². The maximum atomic E-state index is 13.4. The second kappa shape index (κ2) is 5.08. The van der Waals surface area contributed by atoms with Gasteiger partial charge in [-0.15, -0.1) is 0 Å². The van der Waals surface area contributed by atoms with Crippen molar-refractivity contribution >= 4 is 22.0 Å². The van der Waals surface area contributed by atoms with E-state index < -0.39 is 23.5 Å². The van der Waals surface area contributed by atoms with Crippen molar-refractivity contribution in [3.05, 3.63) is 0 Å². The smallest absolute Gasteiger partial charge is 0.410 e. The van der Waals surface area contributed by atoms with E-state index in [0.29, 0.717) is 0 Å². The molecule has 17 heavy (non-hydrogen) atoms. The van der Waals surface area contributed by atoms with Gasteiger partial charge in [-0.3, -0.25) is 0 Å². The number of hydrogen-bond donors (Lipinski definition) is 0. The van der Waals surface area contributed by atoms with Crippen molar-refractivity contribution in [1.82, 2.24) is 4.90 Å². The normalized spacial score (nSPS) is 24.6. The van der Waals surface area contributed by atoms with E-state index in [9.17, 15) is 13.6 Å². The summed E-state index contributed by atoms with van der Waals surface area (Å²) in [6.45, 7) is 5.35. The number of halogens is 3. The van der Waals surface area contributed by atoms with E-state index in [2.05, 4.69) is 15.9 Å². The zero-order valence-electron chi connectivity index (χ0n) is 10.3. The first-order chi connectivity index (χ1) is 7.65. The van der Waals surface area contributed by atoms with Crippen LogP contribution in [0.4, 0.5) is 13.6 Å². The van der Waals surface area contributed by atoms with Crippen LogP contribution in [0.25, 0.3) is 0 Å². The molecule has 1 aliphatic heterocycles. The highest BCUT2D eigenvalue weighted by atomic mass is 79.9. The SMILES string of the molecule is CC(C)(C)OC(=O)N1CCC(F)(F)C(CBr)C1. The number of ether oxygens (including phenoxy) is 1. The molecule has 100 valence electrons. The first-order valence-corrected chi connectivity index (χ1v) is 6.69. The molecule has 1 aliphatic rings. The van der Waals surface area contributed by atoms with Crippen LogP contribution in [0.5, 0.6) is 0 Å². The summed E-state index contributed by atoms with van der Waals surface area (Å²) in [6.07, 6.45) is -0.818. The molecule has 1 unspecified atom stereocenters. The van der Waals surface area contributed by atoms with Crippen molar-refractivity contribution in [3.8, 4) is 0 Å².